The van der Waals surface area contributed by atoms with Crippen LogP contribution in [0.2, 0.25) is 0 Å². The van der Waals surface area contributed by atoms with Gasteiger partial charge < -0.3 is 19.3 Å². The predicted molar refractivity (Wildman–Crippen MR) is 128 cm³/mol. The Bertz CT molecular complexity index is 970. The van der Waals surface area contributed by atoms with Crippen molar-refractivity contribution < 1.29 is 15.0 Å². The van der Waals surface area contributed by atoms with E-state index in [1.807, 2.05) is 69.0 Å². The Morgan fingerprint density at radius 3 is 2.06 bits per heavy atom. The summed E-state index contributed by atoms with van der Waals surface area (Å²) in [6.07, 6.45) is 3.72. The maximum atomic E-state index is 13.4. The van der Waals surface area contributed by atoms with Crippen molar-refractivity contribution in [3.8, 4) is 5.75 Å². The first-order valence-electron chi connectivity index (χ1n) is 10.8. The van der Waals surface area contributed by atoms with Crippen LogP contribution < -0.4 is 5.62 Å². The van der Waals surface area contributed by atoms with Gasteiger partial charge in [-0.05, 0) is 29.4 Å². The fourth-order valence-electron chi connectivity index (χ4n) is 3.79. The minimum Gasteiger partial charge on any atom is -0.507 e. The quantitative estimate of drug-likeness (QED) is 0.551. The summed E-state index contributed by atoms with van der Waals surface area (Å²) in [5.74, 6) is 0.210. The fourth-order valence-corrected chi connectivity index (χ4v) is 4.18. The molecule has 0 radical (unpaired) electrons. The molecule has 0 atom stereocenters. The van der Waals surface area contributed by atoms with E-state index in [1.165, 1.54) is 0 Å². The minimum atomic E-state index is -0.303. The SMILES string of the molecule is CCCc1cn(CC(=O)c2cc(C(C)(C)C)c(O)c(C(C)(C)C)c2)/c(=N\Br)n1CCO. The van der Waals surface area contributed by atoms with Crippen molar-refractivity contribution in [1.82, 2.24) is 9.13 Å². The van der Waals surface area contributed by atoms with Gasteiger partial charge in [0.2, 0.25) is 5.62 Å². The zero-order valence-electron chi connectivity index (χ0n) is 19.8. The lowest BCUT2D eigenvalue weighted by atomic mass is 9.78. The summed E-state index contributed by atoms with van der Waals surface area (Å²) in [5.41, 5.74) is 3.13. The lowest BCUT2D eigenvalue weighted by Crippen LogP contribution is -2.29. The molecule has 0 spiro atoms. The summed E-state index contributed by atoms with van der Waals surface area (Å²) in [4.78, 5) is 13.4. The number of phenolic OH excluding ortho intramolecular Hbond substituents is 1. The lowest BCUT2D eigenvalue weighted by molar-refractivity contribution is 0.0970. The molecule has 172 valence electrons. The van der Waals surface area contributed by atoms with Gasteiger partial charge in [-0.25, -0.2) is 0 Å². The monoisotopic (exact) mass is 493 g/mol. The molecule has 7 heteroatoms. The van der Waals surface area contributed by atoms with E-state index in [0.29, 0.717) is 17.7 Å². The normalized spacial score (nSPS) is 13.1. The second-order valence-corrected chi connectivity index (χ2v) is 10.5. The zero-order chi connectivity index (χ0) is 23.6. The van der Waals surface area contributed by atoms with Crippen molar-refractivity contribution in [3.63, 3.8) is 0 Å². The van der Waals surface area contributed by atoms with Crippen molar-refractivity contribution in [2.24, 2.45) is 4.02 Å². The van der Waals surface area contributed by atoms with Crippen molar-refractivity contribution in [2.75, 3.05) is 6.61 Å². The maximum absolute atomic E-state index is 13.4. The molecule has 2 rings (SSSR count). The molecule has 0 aliphatic rings. The van der Waals surface area contributed by atoms with Crippen LogP contribution in [-0.4, -0.2) is 31.7 Å². The number of carbonyl (C=O) groups excluding carboxylic acids is 1. The van der Waals surface area contributed by atoms with E-state index < -0.39 is 0 Å². The summed E-state index contributed by atoms with van der Waals surface area (Å²) >= 11 is 3.18. The maximum Gasteiger partial charge on any atom is 0.217 e. The van der Waals surface area contributed by atoms with Crippen molar-refractivity contribution in [1.29, 1.82) is 0 Å². The number of rotatable bonds is 7. The predicted octanol–water partition coefficient (Wildman–Crippen LogP) is 4.63. The number of halogens is 1. The molecule has 0 saturated heterocycles. The summed E-state index contributed by atoms with van der Waals surface area (Å²) < 4.78 is 7.95. The molecule has 0 fully saturated rings. The third kappa shape index (κ3) is 5.69. The molecule has 0 aliphatic carbocycles. The largest absolute Gasteiger partial charge is 0.507 e. The van der Waals surface area contributed by atoms with Crippen LogP contribution in [0.3, 0.4) is 0 Å². The topological polar surface area (TPSA) is 79.8 Å². The number of benzene rings is 1. The van der Waals surface area contributed by atoms with Gasteiger partial charge in [0, 0.05) is 35.1 Å². The first kappa shape index (κ1) is 25.4. The van der Waals surface area contributed by atoms with Crippen molar-refractivity contribution in [2.45, 2.75) is 85.2 Å². The zero-order valence-corrected chi connectivity index (χ0v) is 21.4. The fraction of sp³-hybridized carbons (Fsp3) is 0.583. The van der Waals surface area contributed by atoms with Crippen molar-refractivity contribution >= 4 is 21.9 Å². The molecule has 0 saturated carbocycles. The molecule has 31 heavy (non-hydrogen) atoms. The molecule has 0 bridgehead atoms. The van der Waals surface area contributed by atoms with E-state index in [-0.39, 0.29) is 35.5 Å². The van der Waals surface area contributed by atoms with Gasteiger partial charge in [0.25, 0.3) is 0 Å². The standard InChI is InChI=1S/C24H36BrN3O3/c1-8-9-17-14-27(22(26-25)28(17)10-11-29)15-20(30)16-12-18(23(2,3)4)21(31)19(13-16)24(5,6)7/h12-14,29,31H,8-11,15H2,1-7H3/b26-22+. The van der Waals surface area contributed by atoms with E-state index in [0.717, 1.165) is 29.7 Å². The highest BCUT2D eigenvalue weighted by Crippen LogP contribution is 2.39. The van der Waals surface area contributed by atoms with Gasteiger partial charge in [-0.15, -0.1) is 0 Å². The number of imidazole rings is 1. The Labute approximate surface area is 194 Å². The van der Waals surface area contributed by atoms with Gasteiger partial charge >= 0.3 is 0 Å². The number of aromatic nitrogens is 2. The molecule has 2 N–H and O–H groups in total. The van der Waals surface area contributed by atoms with E-state index in [1.54, 1.807) is 0 Å². The summed E-state index contributed by atoms with van der Waals surface area (Å²) in [6.45, 7) is 14.8. The Morgan fingerprint density at radius 2 is 1.65 bits per heavy atom. The van der Waals surface area contributed by atoms with E-state index >= 15 is 0 Å². The average molecular weight is 494 g/mol. The first-order valence-corrected chi connectivity index (χ1v) is 11.5. The summed E-state index contributed by atoms with van der Waals surface area (Å²) in [7, 11) is 0. The second-order valence-electron chi connectivity index (χ2n) is 10.1. The highest BCUT2D eigenvalue weighted by atomic mass is 79.9. The number of phenols is 1. The molecule has 0 unspecified atom stereocenters. The molecule has 1 heterocycles. The van der Waals surface area contributed by atoms with Gasteiger partial charge in [-0.1, -0.05) is 54.9 Å². The molecule has 2 aromatic rings. The summed E-state index contributed by atoms with van der Waals surface area (Å²) in [5, 5.41) is 20.4. The van der Waals surface area contributed by atoms with Crippen LogP contribution in [0.5, 0.6) is 5.75 Å². The second kappa shape index (κ2) is 9.74. The Balaban J connectivity index is 2.57. The number of aliphatic hydroxyl groups excluding tert-OH is 1. The number of aromatic hydroxyl groups is 1. The number of Topliss-reactive ketones (excluding diaryl/α,β-unsaturated/α-hetero) is 1. The van der Waals surface area contributed by atoms with Gasteiger partial charge in [-0.2, -0.15) is 4.02 Å². The molecule has 6 nitrogen and oxygen atoms in total. The van der Waals surface area contributed by atoms with Gasteiger partial charge in [0.15, 0.2) is 5.78 Å². The number of hydrogen-bond acceptors (Lipinski definition) is 4. The van der Waals surface area contributed by atoms with Crippen LogP contribution in [0.1, 0.15) is 82.1 Å². The minimum absolute atomic E-state index is 0.00327. The number of ketones is 1. The van der Waals surface area contributed by atoms with Crippen LogP contribution >= 0.6 is 16.1 Å². The molecule has 0 aliphatic heterocycles. The summed E-state index contributed by atoms with van der Waals surface area (Å²) in [6, 6.07) is 3.63. The number of nitrogens with zero attached hydrogens (tertiary/aromatic N) is 3. The van der Waals surface area contributed by atoms with E-state index in [9.17, 15) is 15.0 Å². The smallest absolute Gasteiger partial charge is 0.217 e. The number of aryl methyl sites for hydroxylation is 1. The molecule has 1 aromatic heterocycles. The highest BCUT2D eigenvalue weighted by molar-refractivity contribution is 9.08. The molecular formula is C24H36BrN3O3. The number of aliphatic hydroxyl groups is 1. The van der Waals surface area contributed by atoms with Crippen LogP contribution in [0.4, 0.5) is 0 Å². The first-order chi connectivity index (χ1) is 14.3. The van der Waals surface area contributed by atoms with Crippen LogP contribution in [0.25, 0.3) is 0 Å². The van der Waals surface area contributed by atoms with Gasteiger partial charge in [-0.3, -0.25) is 4.79 Å². The highest BCUT2D eigenvalue weighted by Gasteiger charge is 2.28. The third-order valence-corrected chi connectivity index (χ3v) is 5.73. The van der Waals surface area contributed by atoms with E-state index in [2.05, 4.69) is 27.1 Å². The number of hydrogen-bond donors (Lipinski definition) is 2. The van der Waals surface area contributed by atoms with Crippen LogP contribution in [0, 0.1) is 0 Å². The molecule has 1 aromatic carbocycles. The van der Waals surface area contributed by atoms with E-state index in [4.69, 9.17) is 0 Å². The third-order valence-electron chi connectivity index (χ3n) is 5.42. The lowest BCUT2D eigenvalue weighted by Gasteiger charge is -2.28. The van der Waals surface area contributed by atoms with Crippen LogP contribution in [-0.2, 0) is 30.3 Å². The van der Waals surface area contributed by atoms with Crippen LogP contribution in [0.15, 0.2) is 22.3 Å². The Morgan fingerprint density at radius 1 is 1.10 bits per heavy atom. The molecule has 0 amide bonds. The Hall–Kier alpha value is -1.86. The van der Waals surface area contributed by atoms with Gasteiger partial charge in [0.1, 0.15) is 5.75 Å². The van der Waals surface area contributed by atoms with Crippen molar-refractivity contribution in [3.05, 3.63) is 46.3 Å². The molecular weight excluding hydrogens is 458 g/mol. The number of carbonyl (C=O) groups is 1. The average Bonchev–Trinajstić information content (AvgIpc) is 2.96. The van der Waals surface area contributed by atoms with Gasteiger partial charge in [0.05, 0.1) is 29.3 Å². The Kier molecular flexibility index (Phi) is 7.98.